The normalized spacial score (nSPS) is 16.9. The van der Waals surface area contributed by atoms with Crippen LogP contribution in [0.4, 0.5) is 11.4 Å². The van der Waals surface area contributed by atoms with Crippen molar-refractivity contribution < 1.29 is 0 Å². The monoisotopic (exact) mass is 247 g/mol. The van der Waals surface area contributed by atoms with Gasteiger partial charge >= 0.3 is 0 Å². The Morgan fingerprint density at radius 3 is 2.28 bits per heavy atom. The number of nitrogens with one attached hydrogen (secondary N) is 1. The first-order valence-electron chi connectivity index (χ1n) is 6.96. The van der Waals surface area contributed by atoms with Crippen molar-refractivity contribution in [3.8, 4) is 0 Å². The van der Waals surface area contributed by atoms with Crippen molar-refractivity contribution in [2.45, 2.75) is 25.8 Å². The van der Waals surface area contributed by atoms with Crippen molar-refractivity contribution >= 4 is 11.4 Å². The van der Waals surface area contributed by atoms with E-state index in [2.05, 4.69) is 60.4 Å². The predicted molar refractivity (Wildman–Crippen MR) is 79.7 cm³/mol. The van der Waals surface area contributed by atoms with Crippen LogP contribution in [-0.2, 0) is 0 Å². The van der Waals surface area contributed by atoms with Gasteiger partial charge in [0, 0.05) is 44.6 Å². The fourth-order valence-corrected chi connectivity index (χ4v) is 2.59. The van der Waals surface area contributed by atoms with Crippen LogP contribution in [-0.4, -0.2) is 39.8 Å². The molecule has 18 heavy (non-hydrogen) atoms. The Morgan fingerprint density at radius 1 is 1.17 bits per heavy atom. The van der Waals surface area contributed by atoms with E-state index in [0.717, 1.165) is 6.54 Å². The third-order valence-electron chi connectivity index (χ3n) is 3.72. The average molecular weight is 247 g/mol. The van der Waals surface area contributed by atoms with Crippen LogP contribution in [0.25, 0.3) is 0 Å². The van der Waals surface area contributed by atoms with Gasteiger partial charge in [-0.1, -0.05) is 6.92 Å². The van der Waals surface area contributed by atoms with E-state index in [1.807, 2.05) is 0 Å². The molecule has 1 aromatic carbocycles. The van der Waals surface area contributed by atoms with Crippen LogP contribution in [0.2, 0.25) is 0 Å². The number of benzene rings is 1. The van der Waals surface area contributed by atoms with Gasteiger partial charge in [0.1, 0.15) is 0 Å². The molecule has 1 aliphatic heterocycles. The Labute approximate surface area is 111 Å². The second kappa shape index (κ2) is 6.10. The smallest absolute Gasteiger partial charge is 0.0367 e. The number of nitrogens with zero attached hydrogens (tertiary/aromatic N) is 2. The Kier molecular flexibility index (Phi) is 4.48. The van der Waals surface area contributed by atoms with E-state index >= 15 is 0 Å². The van der Waals surface area contributed by atoms with E-state index in [9.17, 15) is 0 Å². The topological polar surface area (TPSA) is 18.5 Å². The molecule has 0 aliphatic carbocycles. The predicted octanol–water partition coefficient (Wildman–Crippen LogP) is 2.33. The van der Waals surface area contributed by atoms with Crippen molar-refractivity contribution in [1.29, 1.82) is 0 Å². The van der Waals surface area contributed by atoms with Gasteiger partial charge < -0.3 is 15.1 Å². The molecule has 100 valence electrons. The van der Waals surface area contributed by atoms with Gasteiger partial charge in [-0.05, 0) is 43.7 Å². The van der Waals surface area contributed by atoms with Crippen molar-refractivity contribution in [3.63, 3.8) is 0 Å². The summed E-state index contributed by atoms with van der Waals surface area (Å²) in [6.07, 6.45) is 2.51. The highest BCUT2D eigenvalue weighted by Gasteiger charge is 2.18. The fourth-order valence-electron chi connectivity index (χ4n) is 2.59. The van der Waals surface area contributed by atoms with E-state index in [1.165, 1.54) is 37.3 Å². The molecule has 3 nitrogen and oxygen atoms in total. The standard InChI is InChI=1S/C15H25N3/c1-4-16-13-9-11-18(12-10-13)15-7-5-14(6-8-15)17(2)3/h5-8,13,16H,4,9-12H2,1-3H3. The summed E-state index contributed by atoms with van der Waals surface area (Å²) in [6, 6.07) is 9.59. The van der Waals surface area contributed by atoms with Gasteiger partial charge in [0.25, 0.3) is 0 Å². The maximum Gasteiger partial charge on any atom is 0.0367 e. The van der Waals surface area contributed by atoms with Crippen LogP contribution in [0.15, 0.2) is 24.3 Å². The van der Waals surface area contributed by atoms with Gasteiger partial charge in [-0.2, -0.15) is 0 Å². The first kappa shape index (κ1) is 13.2. The molecule has 1 aliphatic rings. The lowest BCUT2D eigenvalue weighted by molar-refractivity contribution is 0.424. The minimum absolute atomic E-state index is 0.715. The molecule has 0 saturated carbocycles. The molecular weight excluding hydrogens is 222 g/mol. The zero-order valence-electron chi connectivity index (χ0n) is 11.8. The third-order valence-corrected chi connectivity index (χ3v) is 3.72. The molecule has 0 spiro atoms. The molecule has 0 bridgehead atoms. The lowest BCUT2D eigenvalue weighted by Gasteiger charge is -2.34. The lowest BCUT2D eigenvalue weighted by Crippen LogP contribution is -2.42. The molecule has 0 atom stereocenters. The number of hydrogen-bond acceptors (Lipinski definition) is 3. The van der Waals surface area contributed by atoms with Gasteiger partial charge in [-0.25, -0.2) is 0 Å². The molecule has 0 aromatic heterocycles. The fraction of sp³-hybridized carbons (Fsp3) is 0.600. The van der Waals surface area contributed by atoms with E-state index in [1.54, 1.807) is 0 Å². The average Bonchev–Trinajstić information content (AvgIpc) is 2.40. The Balaban J connectivity index is 1.93. The molecule has 2 rings (SSSR count). The number of piperidine rings is 1. The molecule has 0 amide bonds. The highest BCUT2D eigenvalue weighted by molar-refractivity contribution is 5.55. The number of hydrogen-bond donors (Lipinski definition) is 1. The molecule has 0 unspecified atom stereocenters. The molecule has 1 aromatic rings. The Bertz CT molecular complexity index is 351. The minimum atomic E-state index is 0.715. The number of rotatable bonds is 4. The highest BCUT2D eigenvalue weighted by Crippen LogP contribution is 2.22. The molecule has 0 radical (unpaired) electrons. The molecule has 1 fully saturated rings. The van der Waals surface area contributed by atoms with E-state index in [0.29, 0.717) is 6.04 Å². The molecule has 1 heterocycles. The van der Waals surface area contributed by atoms with Gasteiger partial charge in [0.05, 0.1) is 0 Å². The van der Waals surface area contributed by atoms with Crippen molar-refractivity contribution in [3.05, 3.63) is 24.3 Å². The first-order chi connectivity index (χ1) is 8.70. The van der Waals surface area contributed by atoms with Crippen LogP contribution in [0.1, 0.15) is 19.8 Å². The van der Waals surface area contributed by atoms with Gasteiger partial charge in [-0.3, -0.25) is 0 Å². The zero-order valence-corrected chi connectivity index (χ0v) is 11.8. The SMILES string of the molecule is CCNC1CCN(c2ccc(N(C)C)cc2)CC1. The second-order valence-corrected chi connectivity index (χ2v) is 5.23. The van der Waals surface area contributed by atoms with Crippen molar-refractivity contribution in [2.24, 2.45) is 0 Å². The van der Waals surface area contributed by atoms with Crippen LogP contribution < -0.4 is 15.1 Å². The van der Waals surface area contributed by atoms with Crippen LogP contribution >= 0.6 is 0 Å². The number of anilines is 2. The summed E-state index contributed by atoms with van der Waals surface area (Å²) in [6.45, 7) is 5.60. The Hall–Kier alpha value is -1.22. The summed E-state index contributed by atoms with van der Waals surface area (Å²) in [5, 5.41) is 3.55. The summed E-state index contributed by atoms with van der Waals surface area (Å²) in [7, 11) is 4.16. The summed E-state index contributed by atoms with van der Waals surface area (Å²) in [5.74, 6) is 0. The van der Waals surface area contributed by atoms with Crippen molar-refractivity contribution in [2.75, 3.05) is 43.5 Å². The first-order valence-corrected chi connectivity index (χ1v) is 6.96. The second-order valence-electron chi connectivity index (χ2n) is 5.23. The van der Waals surface area contributed by atoms with Gasteiger partial charge in [0.2, 0.25) is 0 Å². The van der Waals surface area contributed by atoms with E-state index < -0.39 is 0 Å². The molecule has 1 saturated heterocycles. The van der Waals surface area contributed by atoms with E-state index in [4.69, 9.17) is 0 Å². The third kappa shape index (κ3) is 3.16. The minimum Gasteiger partial charge on any atom is -0.378 e. The summed E-state index contributed by atoms with van der Waals surface area (Å²) in [4.78, 5) is 4.63. The van der Waals surface area contributed by atoms with Gasteiger partial charge in [0.15, 0.2) is 0 Å². The van der Waals surface area contributed by atoms with Crippen LogP contribution in [0, 0.1) is 0 Å². The molecular formula is C15H25N3. The summed E-state index contributed by atoms with van der Waals surface area (Å²) in [5.41, 5.74) is 2.62. The lowest BCUT2D eigenvalue weighted by atomic mass is 10.0. The van der Waals surface area contributed by atoms with Crippen molar-refractivity contribution in [1.82, 2.24) is 5.32 Å². The highest BCUT2D eigenvalue weighted by atomic mass is 15.1. The maximum atomic E-state index is 3.55. The summed E-state index contributed by atoms with van der Waals surface area (Å²) < 4.78 is 0. The maximum absolute atomic E-state index is 3.55. The zero-order chi connectivity index (χ0) is 13.0. The van der Waals surface area contributed by atoms with Crippen LogP contribution in [0.5, 0.6) is 0 Å². The van der Waals surface area contributed by atoms with Crippen LogP contribution in [0.3, 0.4) is 0 Å². The van der Waals surface area contributed by atoms with Gasteiger partial charge in [-0.15, -0.1) is 0 Å². The largest absolute Gasteiger partial charge is 0.378 e. The Morgan fingerprint density at radius 2 is 1.78 bits per heavy atom. The van der Waals surface area contributed by atoms with E-state index in [-0.39, 0.29) is 0 Å². The molecule has 1 N–H and O–H groups in total. The quantitative estimate of drug-likeness (QED) is 0.881. The summed E-state index contributed by atoms with van der Waals surface area (Å²) >= 11 is 0. The molecule has 3 heteroatoms.